The third-order valence-corrected chi connectivity index (χ3v) is 4.07. The zero-order valence-electron chi connectivity index (χ0n) is 15.0. The van der Waals surface area contributed by atoms with Crippen molar-refractivity contribution in [3.63, 3.8) is 0 Å². The number of aromatic nitrogens is 2. The van der Waals surface area contributed by atoms with E-state index in [1.807, 2.05) is 32.9 Å². The Kier molecular flexibility index (Phi) is 4.85. The summed E-state index contributed by atoms with van der Waals surface area (Å²) in [4.78, 5) is 12.1. The van der Waals surface area contributed by atoms with Gasteiger partial charge in [0, 0.05) is 12.1 Å². The molecule has 3 aromatic rings. The molecule has 26 heavy (non-hydrogen) atoms. The first-order valence-electron chi connectivity index (χ1n) is 8.29. The van der Waals surface area contributed by atoms with Gasteiger partial charge in [0.05, 0.1) is 18.2 Å². The van der Waals surface area contributed by atoms with Crippen LogP contribution < -0.4 is 10.3 Å². The zero-order valence-corrected chi connectivity index (χ0v) is 15.0. The molecule has 2 aromatic carbocycles. The largest absolute Gasteiger partial charge is 0.437 e. The summed E-state index contributed by atoms with van der Waals surface area (Å²) >= 11 is 0. The number of nitrogens with zero attached hydrogens (tertiary/aromatic N) is 3. The van der Waals surface area contributed by atoms with Crippen LogP contribution >= 0.6 is 0 Å². The Labute approximate surface area is 152 Å². The van der Waals surface area contributed by atoms with Crippen molar-refractivity contribution in [2.75, 3.05) is 0 Å². The summed E-state index contributed by atoms with van der Waals surface area (Å²) < 4.78 is 7.31. The SMILES string of the molecule is Cc1cc(C)c(Oc2ccc(=O)n(Cc3ccc(C#N)cc3)n2)c(C)c1. The highest BCUT2D eigenvalue weighted by Crippen LogP contribution is 2.28. The second kappa shape index (κ2) is 7.24. The Morgan fingerprint density at radius 2 is 1.69 bits per heavy atom. The molecule has 130 valence electrons. The Hall–Kier alpha value is -3.39. The normalized spacial score (nSPS) is 10.4. The van der Waals surface area contributed by atoms with Crippen LogP contribution in [0.4, 0.5) is 0 Å². The molecule has 1 heterocycles. The fourth-order valence-electron chi connectivity index (χ4n) is 2.89. The lowest BCUT2D eigenvalue weighted by Gasteiger charge is -2.13. The van der Waals surface area contributed by atoms with Gasteiger partial charge in [0.25, 0.3) is 5.56 Å². The number of aryl methyl sites for hydroxylation is 3. The molecule has 5 nitrogen and oxygen atoms in total. The van der Waals surface area contributed by atoms with E-state index in [0.29, 0.717) is 18.0 Å². The maximum absolute atomic E-state index is 12.1. The van der Waals surface area contributed by atoms with E-state index < -0.39 is 0 Å². The van der Waals surface area contributed by atoms with Crippen molar-refractivity contribution in [2.45, 2.75) is 27.3 Å². The highest BCUT2D eigenvalue weighted by atomic mass is 16.5. The summed E-state index contributed by atoms with van der Waals surface area (Å²) in [5.74, 6) is 1.12. The Balaban J connectivity index is 1.88. The first-order chi connectivity index (χ1) is 12.5. The molecule has 0 spiro atoms. The van der Waals surface area contributed by atoms with Crippen LogP contribution in [0.2, 0.25) is 0 Å². The molecule has 0 saturated heterocycles. The Morgan fingerprint density at radius 1 is 1.04 bits per heavy atom. The first-order valence-corrected chi connectivity index (χ1v) is 8.29. The summed E-state index contributed by atoms with van der Waals surface area (Å²) in [5.41, 5.74) is 4.48. The van der Waals surface area contributed by atoms with Crippen molar-refractivity contribution in [3.05, 3.63) is 86.7 Å². The molecule has 0 aliphatic rings. The second-order valence-corrected chi connectivity index (χ2v) is 6.31. The van der Waals surface area contributed by atoms with Crippen molar-refractivity contribution in [2.24, 2.45) is 0 Å². The van der Waals surface area contributed by atoms with Crippen molar-refractivity contribution in [1.29, 1.82) is 5.26 Å². The predicted octanol–water partition coefficient (Wildman–Crippen LogP) is 3.88. The molecule has 3 rings (SSSR count). The van der Waals surface area contributed by atoms with Crippen LogP contribution in [-0.2, 0) is 6.54 Å². The van der Waals surface area contributed by atoms with Gasteiger partial charge in [0.15, 0.2) is 0 Å². The van der Waals surface area contributed by atoms with E-state index in [1.165, 1.54) is 16.3 Å². The van der Waals surface area contributed by atoms with Gasteiger partial charge in [0.2, 0.25) is 5.88 Å². The lowest BCUT2D eigenvalue weighted by molar-refractivity contribution is 0.429. The molecule has 0 aliphatic heterocycles. The van der Waals surface area contributed by atoms with Gasteiger partial charge in [0.1, 0.15) is 5.75 Å². The maximum atomic E-state index is 12.1. The third-order valence-electron chi connectivity index (χ3n) is 4.07. The zero-order chi connectivity index (χ0) is 18.7. The van der Waals surface area contributed by atoms with Crippen LogP contribution in [0.3, 0.4) is 0 Å². The van der Waals surface area contributed by atoms with Crippen LogP contribution in [-0.4, -0.2) is 9.78 Å². The monoisotopic (exact) mass is 345 g/mol. The number of hydrogen-bond acceptors (Lipinski definition) is 4. The smallest absolute Gasteiger partial charge is 0.267 e. The van der Waals surface area contributed by atoms with Gasteiger partial charge in [-0.25, -0.2) is 4.68 Å². The van der Waals surface area contributed by atoms with Gasteiger partial charge in [-0.3, -0.25) is 4.79 Å². The molecule has 5 heteroatoms. The second-order valence-electron chi connectivity index (χ2n) is 6.31. The lowest BCUT2D eigenvalue weighted by atomic mass is 10.1. The molecular weight excluding hydrogens is 326 g/mol. The summed E-state index contributed by atoms with van der Waals surface area (Å²) in [6.07, 6.45) is 0. The van der Waals surface area contributed by atoms with Crippen LogP contribution in [0.1, 0.15) is 27.8 Å². The van der Waals surface area contributed by atoms with Crippen molar-refractivity contribution in [3.8, 4) is 17.7 Å². The van der Waals surface area contributed by atoms with Crippen LogP contribution in [0.15, 0.2) is 53.3 Å². The number of rotatable bonds is 4. The minimum Gasteiger partial charge on any atom is -0.437 e. The van der Waals surface area contributed by atoms with E-state index in [1.54, 1.807) is 18.2 Å². The predicted molar refractivity (Wildman–Crippen MR) is 99.5 cm³/mol. The van der Waals surface area contributed by atoms with Crippen molar-refractivity contribution in [1.82, 2.24) is 9.78 Å². The maximum Gasteiger partial charge on any atom is 0.267 e. The number of benzene rings is 2. The van der Waals surface area contributed by atoms with E-state index in [-0.39, 0.29) is 5.56 Å². The minimum atomic E-state index is -0.209. The third kappa shape index (κ3) is 3.81. The first kappa shape index (κ1) is 17.4. The summed E-state index contributed by atoms with van der Waals surface area (Å²) in [7, 11) is 0. The molecular formula is C21H19N3O2. The van der Waals surface area contributed by atoms with E-state index >= 15 is 0 Å². The quantitative estimate of drug-likeness (QED) is 0.719. The van der Waals surface area contributed by atoms with Crippen LogP contribution in [0, 0.1) is 32.1 Å². The van der Waals surface area contributed by atoms with Gasteiger partial charge in [-0.2, -0.15) is 5.26 Å². The molecule has 1 aromatic heterocycles. The van der Waals surface area contributed by atoms with Gasteiger partial charge in [-0.1, -0.05) is 29.8 Å². The van der Waals surface area contributed by atoms with Crippen molar-refractivity contribution >= 4 is 0 Å². The Bertz CT molecular complexity index is 1020. The fraction of sp³-hybridized carbons (Fsp3) is 0.190. The molecule has 0 saturated carbocycles. The van der Waals surface area contributed by atoms with E-state index in [0.717, 1.165) is 22.4 Å². The topological polar surface area (TPSA) is 67.9 Å². The summed E-state index contributed by atoms with van der Waals surface area (Å²) in [5, 5.41) is 13.2. The molecule has 0 atom stereocenters. The van der Waals surface area contributed by atoms with E-state index in [4.69, 9.17) is 10.00 Å². The molecule has 0 radical (unpaired) electrons. The average Bonchev–Trinajstić information content (AvgIpc) is 2.61. The van der Waals surface area contributed by atoms with Crippen LogP contribution in [0.25, 0.3) is 0 Å². The highest BCUT2D eigenvalue weighted by molar-refractivity contribution is 5.44. The lowest BCUT2D eigenvalue weighted by Crippen LogP contribution is -2.22. The van der Waals surface area contributed by atoms with Crippen LogP contribution in [0.5, 0.6) is 11.6 Å². The molecule has 0 N–H and O–H groups in total. The minimum absolute atomic E-state index is 0.209. The fourth-order valence-corrected chi connectivity index (χ4v) is 2.89. The standard InChI is InChI=1S/C21H19N3O2/c1-14-10-15(2)21(16(3)11-14)26-19-8-9-20(25)24(23-19)13-18-6-4-17(12-22)5-7-18/h4-11H,13H2,1-3H3. The number of ether oxygens (including phenoxy) is 1. The molecule has 0 amide bonds. The molecule has 0 fully saturated rings. The highest BCUT2D eigenvalue weighted by Gasteiger charge is 2.09. The van der Waals surface area contributed by atoms with Gasteiger partial charge >= 0.3 is 0 Å². The average molecular weight is 345 g/mol. The van der Waals surface area contributed by atoms with Crippen molar-refractivity contribution < 1.29 is 4.74 Å². The number of hydrogen-bond donors (Lipinski definition) is 0. The molecule has 0 bridgehead atoms. The summed E-state index contributed by atoms with van der Waals surface area (Å²) in [6.45, 7) is 6.33. The van der Waals surface area contributed by atoms with Gasteiger partial charge in [-0.15, -0.1) is 5.10 Å². The Morgan fingerprint density at radius 3 is 2.31 bits per heavy atom. The number of nitriles is 1. The van der Waals surface area contributed by atoms with Gasteiger partial charge < -0.3 is 4.74 Å². The van der Waals surface area contributed by atoms with E-state index in [9.17, 15) is 4.79 Å². The molecule has 0 aliphatic carbocycles. The summed E-state index contributed by atoms with van der Waals surface area (Å²) in [6, 6.07) is 16.3. The van der Waals surface area contributed by atoms with Gasteiger partial charge in [-0.05, 0) is 49.6 Å². The molecule has 0 unspecified atom stereocenters. The van der Waals surface area contributed by atoms with E-state index in [2.05, 4.69) is 23.3 Å².